The Morgan fingerprint density at radius 2 is 2.15 bits per heavy atom. The molecule has 0 aromatic heterocycles. The molecule has 3 nitrogen and oxygen atoms in total. The van der Waals surface area contributed by atoms with Crippen LogP contribution in [0.4, 0.5) is 0 Å². The van der Waals surface area contributed by atoms with E-state index in [0.29, 0.717) is 12.4 Å². The molecule has 0 amide bonds. The highest BCUT2D eigenvalue weighted by Crippen LogP contribution is 2.21. The van der Waals surface area contributed by atoms with E-state index in [9.17, 15) is 4.21 Å². The molecular weight excluding hydrogens is 186 g/mol. The Balaban J connectivity index is 2.35. The van der Waals surface area contributed by atoms with Gasteiger partial charge in [-0.2, -0.15) is 0 Å². The summed E-state index contributed by atoms with van der Waals surface area (Å²) >= 11 is 0. The maximum Gasteiger partial charge on any atom is 0.0577 e. The third kappa shape index (κ3) is 3.37. The van der Waals surface area contributed by atoms with Crippen molar-refractivity contribution in [3.05, 3.63) is 0 Å². The van der Waals surface area contributed by atoms with Gasteiger partial charge in [-0.3, -0.25) is 4.21 Å². The first-order valence-corrected chi connectivity index (χ1v) is 6.25. The van der Waals surface area contributed by atoms with Crippen LogP contribution in [0.2, 0.25) is 0 Å². The predicted octanol–water partition coefficient (Wildman–Crippen LogP) is 0.651. The molecule has 4 heteroatoms. The summed E-state index contributed by atoms with van der Waals surface area (Å²) in [4.78, 5) is 0. The van der Waals surface area contributed by atoms with E-state index >= 15 is 0 Å². The van der Waals surface area contributed by atoms with Crippen molar-refractivity contribution in [1.82, 2.24) is 0 Å². The summed E-state index contributed by atoms with van der Waals surface area (Å²) < 4.78 is 16.6. The summed E-state index contributed by atoms with van der Waals surface area (Å²) in [5.41, 5.74) is 5.92. The van der Waals surface area contributed by atoms with Gasteiger partial charge >= 0.3 is 0 Å². The van der Waals surface area contributed by atoms with E-state index in [-0.39, 0.29) is 11.3 Å². The Morgan fingerprint density at radius 3 is 2.77 bits per heavy atom. The maximum atomic E-state index is 11.7. The van der Waals surface area contributed by atoms with Crippen LogP contribution in [0.1, 0.15) is 25.7 Å². The molecule has 0 aliphatic heterocycles. The van der Waals surface area contributed by atoms with Crippen LogP contribution in [-0.2, 0) is 15.5 Å². The van der Waals surface area contributed by atoms with Gasteiger partial charge in [0.15, 0.2) is 0 Å². The molecule has 1 rings (SSSR count). The van der Waals surface area contributed by atoms with Gasteiger partial charge in [-0.25, -0.2) is 0 Å². The molecule has 1 saturated carbocycles. The molecule has 0 aromatic rings. The SMILES string of the molecule is COCCS(=O)C1CCCCC1N. The molecule has 1 fully saturated rings. The second-order valence-corrected chi connectivity index (χ2v) is 5.34. The topological polar surface area (TPSA) is 52.3 Å². The van der Waals surface area contributed by atoms with Crippen molar-refractivity contribution in [2.75, 3.05) is 19.5 Å². The Bertz CT molecular complexity index is 175. The number of ether oxygens (including phenoxy) is 1. The Hall–Kier alpha value is 0.0700. The molecule has 1 aliphatic rings. The molecule has 2 N–H and O–H groups in total. The predicted molar refractivity (Wildman–Crippen MR) is 55.1 cm³/mol. The van der Waals surface area contributed by atoms with Crippen LogP contribution < -0.4 is 5.73 Å². The first-order valence-electron chi connectivity index (χ1n) is 4.87. The summed E-state index contributed by atoms with van der Waals surface area (Å²) in [5, 5.41) is 0.212. The number of hydrogen-bond acceptors (Lipinski definition) is 3. The fourth-order valence-corrected chi connectivity index (χ4v) is 3.36. The van der Waals surface area contributed by atoms with Crippen LogP contribution in [0, 0.1) is 0 Å². The normalized spacial score (nSPS) is 31.5. The van der Waals surface area contributed by atoms with Gasteiger partial charge in [-0.05, 0) is 12.8 Å². The van der Waals surface area contributed by atoms with E-state index in [4.69, 9.17) is 10.5 Å². The van der Waals surface area contributed by atoms with E-state index < -0.39 is 10.8 Å². The lowest BCUT2D eigenvalue weighted by atomic mass is 9.96. The van der Waals surface area contributed by atoms with Gasteiger partial charge in [0.1, 0.15) is 0 Å². The minimum atomic E-state index is -0.786. The van der Waals surface area contributed by atoms with Gasteiger partial charge in [0.2, 0.25) is 0 Å². The molecule has 13 heavy (non-hydrogen) atoms. The van der Waals surface area contributed by atoms with Crippen molar-refractivity contribution in [3.63, 3.8) is 0 Å². The van der Waals surface area contributed by atoms with Crippen molar-refractivity contribution < 1.29 is 8.95 Å². The third-order valence-corrected chi connectivity index (χ3v) is 4.41. The van der Waals surface area contributed by atoms with Crippen molar-refractivity contribution in [1.29, 1.82) is 0 Å². The fraction of sp³-hybridized carbons (Fsp3) is 1.00. The highest BCUT2D eigenvalue weighted by atomic mass is 32.2. The average molecular weight is 205 g/mol. The third-order valence-electron chi connectivity index (χ3n) is 2.58. The van der Waals surface area contributed by atoms with E-state index in [1.54, 1.807) is 7.11 Å². The van der Waals surface area contributed by atoms with Crippen LogP contribution in [0.5, 0.6) is 0 Å². The summed E-state index contributed by atoms with van der Waals surface area (Å²) in [6.45, 7) is 0.579. The molecule has 0 heterocycles. The number of hydrogen-bond donors (Lipinski definition) is 1. The lowest BCUT2D eigenvalue weighted by Crippen LogP contribution is -2.41. The van der Waals surface area contributed by atoms with E-state index in [1.807, 2.05) is 0 Å². The van der Waals surface area contributed by atoms with Crippen molar-refractivity contribution in [2.24, 2.45) is 5.73 Å². The Kier molecular flexibility index (Phi) is 4.91. The molecule has 0 bridgehead atoms. The van der Waals surface area contributed by atoms with Crippen molar-refractivity contribution >= 4 is 10.8 Å². The standard InChI is InChI=1S/C9H19NO2S/c1-12-6-7-13(11)9-5-3-2-4-8(9)10/h8-9H,2-7,10H2,1H3. The maximum absolute atomic E-state index is 11.7. The lowest BCUT2D eigenvalue weighted by molar-refractivity contribution is 0.217. The molecule has 78 valence electrons. The fourth-order valence-electron chi connectivity index (χ4n) is 1.77. The van der Waals surface area contributed by atoms with Crippen molar-refractivity contribution in [3.8, 4) is 0 Å². The lowest BCUT2D eigenvalue weighted by Gasteiger charge is -2.27. The minimum absolute atomic E-state index is 0.145. The van der Waals surface area contributed by atoms with Crippen molar-refractivity contribution in [2.45, 2.75) is 37.0 Å². The van der Waals surface area contributed by atoms with Gasteiger partial charge in [-0.1, -0.05) is 12.8 Å². The van der Waals surface area contributed by atoms with Gasteiger partial charge in [0.05, 0.1) is 6.61 Å². The van der Waals surface area contributed by atoms with Crippen LogP contribution in [-0.4, -0.2) is 35.0 Å². The summed E-state index contributed by atoms with van der Waals surface area (Å²) in [7, 11) is 0.850. The van der Waals surface area contributed by atoms with Gasteiger partial charge in [0.25, 0.3) is 0 Å². The zero-order valence-corrected chi connectivity index (χ0v) is 9.02. The summed E-state index contributed by atoms with van der Waals surface area (Å²) in [5.74, 6) is 0.634. The monoisotopic (exact) mass is 205 g/mol. The van der Waals surface area contributed by atoms with E-state index in [0.717, 1.165) is 12.8 Å². The van der Waals surface area contributed by atoms with E-state index in [2.05, 4.69) is 0 Å². The largest absolute Gasteiger partial charge is 0.384 e. The van der Waals surface area contributed by atoms with Crippen LogP contribution >= 0.6 is 0 Å². The van der Waals surface area contributed by atoms with Crippen LogP contribution in [0.15, 0.2) is 0 Å². The first kappa shape index (κ1) is 11.1. The Morgan fingerprint density at radius 1 is 1.46 bits per heavy atom. The molecule has 1 aliphatic carbocycles. The average Bonchev–Trinajstić information content (AvgIpc) is 2.15. The summed E-state index contributed by atoms with van der Waals surface area (Å²) in [6, 6.07) is 0.145. The van der Waals surface area contributed by atoms with E-state index in [1.165, 1.54) is 12.8 Å². The molecule has 3 atom stereocenters. The highest BCUT2D eigenvalue weighted by molar-refractivity contribution is 7.85. The molecule has 0 saturated heterocycles. The minimum Gasteiger partial charge on any atom is -0.384 e. The number of rotatable bonds is 4. The first-order chi connectivity index (χ1) is 6.25. The molecule has 0 aromatic carbocycles. The quantitative estimate of drug-likeness (QED) is 0.733. The van der Waals surface area contributed by atoms with Crippen LogP contribution in [0.25, 0.3) is 0 Å². The number of methoxy groups -OCH3 is 1. The highest BCUT2D eigenvalue weighted by Gasteiger charge is 2.26. The molecular formula is C9H19NO2S. The zero-order chi connectivity index (χ0) is 9.68. The second-order valence-electron chi connectivity index (χ2n) is 3.56. The van der Waals surface area contributed by atoms with Gasteiger partial charge < -0.3 is 10.5 Å². The molecule has 3 unspecified atom stereocenters. The van der Waals surface area contributed by atoms with Gasteiger partial charge in [0, 0.05) is 35.0 Å². The summed E-state index contributed by atoms with van der Waals surface area (Å²) in [6.07, 6.45) is 4.43. The van der Waals surface area contributed by atoms with Crippen LogP contribution in [0.3, 0.4) is 0 Å². The molecule has 0 spiro atoms. The molecule has 0 radical (unpaired) electrons. The second kappa shape index (κ2) is 5.73. The Labute approximate surface area is 82.5 Å². The smallest absolute Gasteiger partial charge is 0.0577 e. The zero-order valence-electron chi connectivity index (χ0n) is 8.20. The van der Waals surface area contributed by atoms with Gasteiger partial charge in [-0.15, -0.1) is 0 Å². The number of nitrogens with two attached hydrogens (primary N) is 1.